The Morgan fingerprint density at radius 2 is 0.600 bits per heavy atom. The summed E-state index contributed by atoms with van der Waals surface area (Å²) in [6.07, 6.45) is 0. The van der Waals surface area contributed by atoms with Crippen molar-refractivity contribution in [3.63, 3.8) is 0 Å². The fraction of sp³-hybridized carbons (Fsp3) is 0. The molecular formula is H10Cl2N2O. The van der Waals surface area contributed by atoms with E-state index in [4.69, 9.17) is 0 Å². The van der Waals surface area contributed by atoms with Gasteiger partial charge in [-0.3, -0.25) is 0 Å². The summed E-state index contributed by atoms with van der Waals surface area (Å²) in [6.45, 7) is 0. The zero-order valence-electron chi connectivity index (χ0n) is 2.73. The van der Waals surface area contributed by atoms with Crippen LogP contribution in [0.15, 0.2) is 0 Å². The van der Waals surface area contributed by atoms with Gasteiger partial charge >= 0.3 is 0 Å². The minimum Gasteiger partial charge on any atom is -0.412 e. The zero-order valence-corrected chi connectivity index (χ0v) is 4.36. The molecule has 0 aliphatic carbocycles. The Hall–Kier alpha value is 0.460. The predicted octanol–water partition coefficient (Wildman–Crippen LogP) is 0.343. The van der Waals surface area contributed by atoms with Crippen LogP contribution in [0.1, 0.15) is 0 Å². The third-order valence-corrected chi connectivity index (χ3v) is 0. The van der Waals surface area contributed by atoms with Gasteiger partial charge in [0.15, 0.2) is 0 Å². The first kappa shape index (κ1) is 513. The fourth-order valence-corrected chi connectivity index (χ4v) is 0. The summed E-state index contributed by atoms with van der Waals surface area (Å²) in [6, 6.07) is 0. The van der Waals surface area contributed by atoms with Crippen molar-refractivity contribution in [2.75, 3.05) is 0 Å². The summed E-state index contributed by atoms with van der Waals surface area (Å²) in [5.74, 6) is 0. The average molecular weight is 125 g/mol. The van der Waals surface area contributed by atoms with E-state index in [9.17, 15) is 0 Å². The molecule has 5 heavy (non-hydrogen) atoms. The van der Waals surface area contributed by atoms with Gasteiger partial charge in [-0.1, -0.05) is 0 Å². The van der Waals surface area contributed by atoms with Crippen LogP contribution in [0.2, 0.25) is 0 Å². The molecule has 0 fully saturated rings. The predicted molar refractivity (Wildman–Crippen MR) is 28.2 cm³/mol. The van der Waals surface area contributed by atoms with Crippen LogP contribution < -0.4 is 12.3 Å². The normalized spacial score (nSPS) is 0. The summed E-state index contributed by atoms with van der Waals surface area (Å²) in [4.78, 5) is 0. The second kappa shape index (κ2) is 252. The van der Waals surface area contributed by atoms with E-state index in [1.54, 1.807) is 0 Å². The molecule has 0 aliphatic heterocycles. The van der Waals surface area contributed by atoms with Gasteiger partial charge in [0.2, 0.25) is 0 Å². The van der Waals surface area contributed by atoms with E-state index >= 15 is 0 Å². The van der Waals surface area contributed by atoms with Gasteiger partial charge in [0.25, 0.3) is 0 Å². The van der Waals surface area contributed by atoms with E-state index in [1.807, 2.05) is 0 Å². The SMILES string of the molecule is Cl.Cl.N.N.O. The number of hydrogen-bond donors (Lipinski definition) is 2. The van der Waals surface area contributed by atoms with Crippen LogP contribution in [0.3, 0.4) is 0 Å². The van der Waals surface area contributed by atoms with Gasteiger partial charge in [-0.15, -0.1) is 24.8 Å². The molecule has 0 spiro atoms. The summed E-state index contributed by atoms with van der Waals surface area (Å²) in [7, 11) is 0. The van der Waals surface area contributed by atoms with Crippen LogP contribution in [0.5, 0.6) is 0 Å². The molecule has 0 bridgehead atoms. The van der Waals surface area contributed by atoms with Gasteiger partial charge in [-0.2, -0.15) is 0 Å². The molecule has 0 saturated carbocycles. The van der Waals surface area contributed by atoms with Gasteiger partial charge in [-0.25, -0.2) is 0 Å². The van der Waals surface area contributed by atoms with Crippen molar-refractivity contribution in [2.45, 2.75) is 0 Å². The molecule has 8 N–H and O–H groups in total. The standard InChI is InChI=1S/2ClH.2H3N.H2O/h2*1H;2*1H3;1H2. The van der Waals surface area contributed by atoms with E-state index in [-0.39, 0.29) is 42.6 Å². The third-order valence-electron chi connectivity index (χ3n) is 0. The molecule has 0 saturated heterocycles. The van der Waals surface area contributed by atoms with Crippen molar-refractivity contribution in [1.82, 2.24) is 12.3 Å². The van der Waals surface area contributed by atoms with Crippen molar-refractivity contribution in [3.05, 3.63) is 0 Å². The molecule has 0 atom stereocenters. The lowest BCUT2D eigenvalue weighted by atomic mass is 14.0. The van der Waals surface area contributed by atoms with Crippen LogP contribution in [0, 0.1) is 0 Å². The minimum atomic E-state index is 0. The summed E-state index contributed by atoms with van der Waals surface area (Å²) < 4.78 is 0. The van der Waals surface area contributed by atoms with E-state index in [0.717, 1.165) is 0 Å². The molecule has 5 heteroatoms. The van der Waals surface area contributed by atoms with Gasteiger partial charge < -0.3 is 17.8 Å². The van der Waals surface area contributed by atoms with Crippen molar-refractivity contribution >= 4 is 24.8 Å². The Kier molecular flexibility index (Phi) is 25900. The van der Waals surface area contributed by atoms with E-state index in [2.05, 4.69) is 0 Å². The Morgan fingerprint density at radius 1 is 0.600 bits per heavy atom. The molecule has 0 aliphatic rings. The van der Waals surface area contributed by atoms with Crippen LogP contribution in [0.25, 0.3) is 0 Å². The quantitative estimate of drug-likeness (QED) is 0.487. The first-order chi connectivity index (χ1) is 0. The van der Waals surface area contributed by atoms with Crippen molar-refractivity contribution in [3.8, 4) is 0 Å². The molecule has 0 aromatic carbocycles. The van der Waals surface area contributed by atoms with Crippen LogP contribution in [-0.4, -0.2) is 5.48 Å². The lowest BCUT2D eigenvalue weighted by Crippen LogP contribution is -0.482. The Balaban J connectivity index is 0. The smallest absolute Gasteiger partial charge is 0.147 e. The average Bonchev–Trinajstić information content (AvgIpc) is 0. The lowest BCUT2D eigenvalue weighted by molar-refractivity contribution is 0.824. The summed E-state index contributed by atoms with van der Waals surface area (Å²) in [5.41, 5.74) is 0. The summed E-state index contributed by atoms with van der Waals surface area (Å²) in [5, 5.41) is 0. The maximum absolute atomic E-state index is 0. The van der Waals surface area contributed by atoms with Gasteiger partial charge in [0.1, 0.15) is 0 Å². The zero-order chi connectivity index (χ0) is 0. The maximum atomic E-state index is 0. The first-order valence-electron chi connectivity index (χ1n) is 0. The molecule has 3 nitrogen and oxygen atoms in total. The number of halogens is 2. The minimum absolute atomic E-state index is 0. The van der Waals surface area contributed by atoms with Crippen LogP contribution >= 0.6 is 24.8 Å². The topological polar surface area (TPSA) is 102 Å². The third kappa shape index (κ3) is 128. The molecule has 0 unspecified atom stereocenters. The molecule has 0 aromatic heterocycles. The highest BCUT2D eigenvalue weighted by Crippen LogP contribution is 0.691. The lowest BCUT2D eigenvalue weighted by Gasteiger charge is -0.412. The highest BCUT2D eigenvalue weighted by atomic mass is 35.5. The van der Waals surface area contributed by atoms with Gasteiger partial charge in [-0.05, 0) is 0 Å². The highest BCUT2D eigenvalue weighted by molar-refractivity contribution is 5.85. The fourth-order valence-electron chi connectivity index (χ4n) is 0. The van der Waals surface area contributed by atoms with Gasteiger partial charge in [0, 0.05) is 0 Å². The van der Waals surface area contributed by atoms with Crippen LogP contribution in [0.4, 0.5) is 0 Å². The number of rotatable bonds is 0. The maximum Gasteiger partial charge on any atom is -0.147 e. The second-order valence-electron chi connectivity index (χ2n) is 0. The summed E-state index contributed by atoms with van der Waals surface area (Å²) >= 11 is 0. The van der Waals surface area contributed by atoms with Gasteiger partial charge in [0.05, 0.1) is 0 Å². The Bertz CT molecular complexity index is 7.61. The molecule has 0 heterocycles. The van der Waals surface area contributed by atoms with E-state index in [1.165, 1.54) is 0 Å². The highest BCUT2D eigenvalue weighted by Gasteiger charge is -0.146. The van der Waals surface area contributed by atoms with Crippen molar-refractivity contribution in [2.24, 2.45) is 0 Å². The van der Waals surface area contributed by atoms with Crippen molar-refractivity contribution in [1.29, 1.82) is 0 Å². The molecule has 40 valence electrons. The monoisotopic (exact) mass is 124 g/mol. The molecule has 0 amide bonds. The molecule has 0 radical (unpaired) electrons. The Labute approximate surface area is 43.4 Å². The Morgan fingerprint density at radius 3 is 0.600 bits per heavy atom. The molecule has 0 aromatic rings. The first-order valence-corrected chi connectivity index (χ1v) is 0. The van der Waals surface area contributed by atoms with E-state index < -0.39 is 0 Å². The number of hydrogen-bond acceptors (Lipinski definition) is 2. The van der Waals surface area contributed by atoms with Crippen molar-refractivity contribution < 1.29 is 5.48 Å². The van der Waals surface area contributed by atoms with E-state index in [0.29, 0.717) is 0 Å². The molecule has 0 rings (SSSR count). The largest absolute Gasteiger partial charge is 0.412 e. The second-order valence-corrected chi connectivity index (χ2v) is 0. The molecular weight excluding hydrogens is 115 g/mol. The van der Waals surface area contributed by atoms with Crippen LogP contribution in [-0.2, 0) is 0 Å².